The number of benzene rings is 2. The maximum absolute atomic E-state index is 12.4. The van der Waals surface area contributed by atoms with Crippen molar-refractivity contribution in [3.8, 4) is 17.6 Å². The molecule has 0 saturated heterocycles. The number of hydrogen-bond donors (Lipinski definition) is 1. The Morgan fingerprint density at radius 2 is 1.96 bits per heavy atom. The van der Waals surface area contributed by atoms with Crippen LogP contribution in [0.3, 0.4) is 0 Å². The van der Waals surface area contributed by atoms with Crippen molar-refractivity contribution in [1.29, 1.82) is 5.26 Å². The lowest BCUT2D eigenvalue weighted by molar-refractivity contribution is -0.112. The fourth-order valence-electron chi connectivity index (χ4n) is 2.39. The molecule has 24 heavy (non-hydrogen) atoms. The Hall–Kier alpha value is -3.26. The minimum atomic E-state index is -0.461. The SMILES string of the molecule is Cc1ccc(C)c(C=C(C#N)C(=O)Nc2ccc3c(c2)OCO3)c1. The van der Waals surface area contributed by atoms with Crippen LogP contribution < -0.4 is 14.8 Å². The van der Waals surface area contributed by atoms with Crippen molar-refractivity contribution in [2.24, 2.45) is 0 Å². The molecular formula is C19H16N2O3. The standard InChI is InChI=1S/C19H16N2O3/c1-12-3-4-13(2)14(7-12)8-15(10-20)19(22)21-16-5-6-17-18(9-16)24-11-23-17/h3-9H,11H2,1-2H3,(H,21,22). The molecule has 0 spiro atoms. The molecule has 1 N–H and O–H groups in total. The van der Waals surface area contributed by atoms with Crippen LogP contribution in [0.5, 0.6) is 11.5 Å². The lowest BCUT2D eigenvalue weighted by atomic mass is 10.0. The molecule has 0 radical (unpaired) electrons. The first kappa shape index (κ1) is 15.6. The van der Waals surface area contributed by atoms with E-state index in [2.05, 4.69) is 5.32 Å². The number of ether oxygens (including phenoxy) is 2. The highest BCUT2D eigenvalue weighted by Crippen LogP contribution is 2.34. The van der Waals surface area contributed by atoms with Gasteiger partial charge in [-0.1, -0.05) is 23.8 Å². The molecule has 0 atom stereocenters. The predicted octanol–water partition coefficient (Wildman–Crippen LogP) is 3.58. The van der Waals surface area contributed by atoms with E-state index in [4.69, 9.17) is 9.47 Å². The third-order valence-corrected chi connectivity index (χ3v) is 3.73. The molecule has 1 aliphatic heterocycles. The molecule has 3 rings (SSSR count). The van der Waals surface area contributed by atoms with E-state index in [1.54, 1.807) is 24.3 Å². The van der Waals surface area contributed by atoms with Gasteiger partial charge in [0.1, 0.15) is 11.6 Å². The summed E-state index contributed by atoms with van der Waals surface area (Å²) in [5, 5.41) is 12.0. The van der Waals surface area contributed by atoms with E-state index >= 15 is 0 Å². The van der Waals surface area contributed by atoms with E-state index in [-0.39, 0.29) is 12.4 Å². The van der Waals surface area contributed by atoms with Crippen molar-refractivity contribution in [2.75, 3.05) is 12.1 Å². The van der Waals surface area contributed by atoms with E-state index in [1.807, 2.05) is 38.1 Å². The minimum Gasteiger partial charge on any atom is -0.454 e. The van der Waals surface area contributed by atoms with E-state index in [9.17, 15) is 10.1 Å². The van der Waals surface area contributed by atoms with E-state index in [0.717, 1.165) is 16.7 Å². The Morgan fingerprint density at radius 3 is 2.75 bits per heavy atom. The van der Waals surface area contributed by atoms with Gasteiger partial charge in [0.05, 0.1) is 0 Å². The van der Waals surface area contributed by atoms with Gasteiger partial charge >= 0.3 is 0 Å². The van der Waals surface area contributed by atoms with Gasteiger partial charge in [0.25, 0.3) is 5.91 Å². The fourth-order valence-corrected chi connectivity index (χ4v) is 2.39. The molecule has 1 amide bonds. The summed E-state index contributed by atoms with van der Waals surface area (Å²) in [7, 11) is 0. The Kier molecular flexibility index (Phi) is 4.21. The van der Waals surface area contributed by atoms with Crippen molar-refractivity contribution in [1.82, 2.24) is 0 Å². The average Bonchev–Trinajstić information content (AvgIpc) is 3.03. The van der Waals surface area contributed by atoms with Gasteiger partial charge < -0.3 is 14.8 Å². The zero-order valence-electron chi connectivity index (χ0n) is 13.4. The summed E-state index contributed by atoms with van der Waals surface area (Å²) in [5.74, 6) is 0.751. The molecule has 5 nitrogen and oxygen atoms in total. The molecule has 5 heteroatoms. The lowest BCUT2D eigenvalue weighted by Crippen LogP contribution is -2.13. The third-order valence-electron chi connectivity index (χ3n) is 3.73. The van der Waals surface area contributed by atoms with Crippen LogP contribution in [0, 0.1) is 25.2 Å². The quantitative estimate of drug-likeness (QED) is 0.693. The van der Waals surface area contributed by atoms with Gasteiger partial charge in [-0.3, -0.25) is 4.79 Å². The van der Waals surface area contributed by atoms with E-state index in [1.165, 1.54) is 0 Å². The largest absolute Gasteiger partial charge is 0.454 e. The second-order valence-electron chi connectivity index (χ2n) is 5.55. The summed E-state index contributed by atoms with van der Waals surface area (Å²) in [4.78, 5) is 12.4. The molecule has 2 aromatic carbocycles. The van der Waals surface area contributed by atoms with Gasteiger partial charge in [-0.2, -0.15) is 5.26 Å². The van der Waals surface area contributed by atoms with Gasteiger partial charge in [-0.05, 0) is 43.2 Å². The number of nitriles is 1. The van der Waals surface area contributed by atoms with Gasteiger partial charge in [0.15, 0.2) is 11.5 Å². The minimum absolute atomic E-state index is 0.0429. The molecule has 2 aromatic rings. The number of carbonyl (C=O) groups is 1. The zero-order chi connectivity index (χ0) is 17.1. The van der Waals surface area contributed by atoms with Crippen molar-refractivity contribution < 1.29 is 14.3 Å². The number of rotatable bonds is 3. The van der Waals surface area contributed by atoms with Crippen LogP contribution in [0.1, 0.15) is 16.7 Å². The van der Waals surface area contributed by atoms with Crippen molar-refractivity contribution in [2.45, 2.75) is 13.8 Å². The van der Waals surface area contributed by atoms with Crippen LogP contribution >= 0.6 is 0 Å². The molecular weight excluding hydrogens is 304 g/mol. The highest BCUT2D eigenvalue weighted by atomic mass is 16.7. The number of hydrogen-bond acceptors (Lipinski definition) is 4. The van der Waals surface area contributed by atoms with Gasteiger partial charge in [-0.15, -0.1) is 0 Å². The molecule has 0 saturated carbocycles. The smallest absolute Gasteiger partial charge is 0.266 e. The van der Waals surface area contributed by atoms with Gasteiger partial charge in [0.2, 0.25) is 6.79 Å². The van der Waals surface area contributed by atoms with E-state index in [0.29, 0.717) is 17.2 Å². The molecule has 0 unspecified atom stereocenters. The summed E-state index contributed by atoms with van der Waals surface area (Å²) < 4.78 is 10.5. The number of fused-ring (bicyclic) bond motifs is 1. The van der Waals surface area contributed by atoms with Crippen LogP contribution in [0.2, 0.25) is 0 Å². The monoisotopic (exact) mass is 320 g/mol. The summed E-state index contributed by atoms with van der Waals surface area (Å²) in [6.45, 7) is 4.08. The second-order valence-corrected chi connectivity index (χ2v) is 5.55. The molecule has 120 valence electrons. The highest BCUT2D eigenvalue weighted by molar-refractivity contribution is 6.09. The molecule has 1 aliphatic rings. The van der Waals surface area contributed by atoms with Crippen LogP contribution in [0.25, 0.3) is 6.08 Å². The number of aryl methyl sites for hydroxylation is 2. The zero-order valence-corrected chi connectivity index (χ0v) is 13.4. The van der Waals surface area contributed by atoms with Crippen LogP contribution in [0.15, 0.2) is 42.0 Å². The summed E-state index contributed by atoms with van der Waals surface area (Å²) in [6, 6.07) is 13.0. The normalized spacial score (nSPS) is 12.6. The number of carbonyl (C=O) groups excluding carboxylic acids is 1. The van der Waals surface area contributed by atoms with Crippen molar-refractivity contribution >= 4 is 17.7 Å². The third kappa shape index (κ3) is 3.23. The van der Waals surface area contributed by atoms with Crippen molar-refractivity contribution in [3.63, 3.8) is 0 Å². The van der Waals surface area contributed by atoms with Crippen LogP contribution in [-0.4, -0.2) is 12.7 Å². The maximum atomic E-state index is 12.4. The summed E-state index contributed by atoms with van der Waals surface area (Å²) in [5.41, 5.74) is 3.52. The lowest BCUT2D eigenvalue weighted by Gasteiger charge is -2.07. The summed E-state index contributed by atoms with van der Waals surface area (Å²) in [6.07, 6.45) is 1.60. The van der Waals surface area contributed by atoms with E-state index < -0.39 is 5.91 Å². The predicted molar refractivity (Wildman–Crippen MR) is 90.7 cm³/mol. The first-order valence-corrected chi connectivity index (χ1v) is 7.47. The van der Waals surface area contributed by atoms with Crippen LogP contribution in [0.4, 0.5) is 5.69 Å². The molecule has 0 aliphatic carbocycles. The molecule has 0 bridgehead atoms. The number of nitrogens with one attached hydrogen (secondary N) is 1. The van der Waals surface area contributed by atoms with Gasteiger partial charge in [-0.25, -0.2) is 0 Å². The molecule has 0 fully saturated rings. The Balaban J connectivity index is 1.83. The van der Waals surface area contributed by atoms with Crippen molar-refractivity contribution in [3.05, 3.63) is 58.7 Å². The number of nitrogens with zero attached hydrogens (tertiary/aromatic N) is 1. The Morgan fingerprint density at radius 1 is 1.17 bits per heavy atom. The first-order valence-electron chi connectivity index (χ1n) is 7.47. The van der Waals surface area contributed by atoms with Gasteiger partial charge in [0, 0.05) is 11.8 Å². The summed E-state index contributed by atoms with van der Waals surface area (Å²) >= 11 is 0. The molecule has 1 heterocycles. The second kappa shape index (κ2) is 6.47. The highest BCUT2D eigenvalue weighted by Gasteiger charge is 2.15. The average molecular weight is 320 g/mol. The van der Waals surface area contributed by atoms with Crippen LogP contribution in [-0.2, 0) is 4.79 Å². The Bertz CT molecular complexity index is 879. The number of amides is 1. The fraction of sp³-hybridized carbons (Fsp3) is 0.158. The topological polar surface area (TPSA) is 71.4 Å². The maximum Gasteiger partial charge on any atom is 0.266 e. The Labute approximate surface area is 140 Å². The first-order chi connectivity index (χ1) is 11.6. The number of anilines is 1. The molecule has 0 aromatic heterocycles.